The highest BCUT2D eigenvalue weighted by Crippen LogP contribution is 2.07. The van der Waals surface area contributed by atoms with Crippen LogP contribution < -0.4 is 5.32 Å². The molecule has 0 spiro atoms. The van der Waals surface area contributed by atoms with E-state index in [9.17, 15) is 0 Å². The number of nitrogens with one attached hydrogen (secondary N) is 1. The minimum Gasteiger partial charge on any atom is -0.377 e. The van der Waals surface area contributed by atoms with E-state index in [0.29, 0.717) is 0 Å². The first-order valence-corrected chi connectivity index (χ1v) is 5.76. The van der Waals surface area contributed by atoms with Gasteiger partial charge in [-0.15, -0.1) is 0 Å². The molecule has 16 heavy (non-hydrogen) atoms. The fourth-order valence-electron chi connectivity index (χ4n) is 1.47. The van der Waals surface area contributed by atoms with Crippen LogP contribution in [-0.4, -0.2) is 29.0 Å². The molecule has 92 valence electrons. The van der Waals surface area contributed by atoms with Gasteiger partial charge in [-0.05, 0) is 26.3 Å². The lowest BCUT2D eigenvalue weighted by Gasteiger charge is -2.23. The summed E-state index contributed by atoms with van der Waals surface area (Å²) in [5.41, 5.74) is 2.24. The van der Waals surface area contributed by atoms with E-state index in [4.69, 9.17) is 4.74 Å². The number of methoxy groups -OCH3 is 1. The molecule has 0 saturated carbocycles. The third-order valence-electron chi connectivity index (χ3n) is 2.80. The molecular formula is C12H23N3O. The van der Waals surface area contributed by atoms with Crippen LogP contribution in [0.5, 0.6) is 0 Å². The Morgan fingerprint density at radius 2 is 2.19 bits per heavy atom. The Kier molecular flexibility index (Phi) is 4.50. The van der Waals surface area contributed by atoms with Crippen molar-refractivity contribution in [2.75, 3.05) is 13.7 Å². The predicted octanol–water partition coefficient (Wildman–Crippen LogP) is 1.50. The molecule has 0 aliphatic heterocycles. The molecule has 1 rings (SSSR count). The number of aromatic nitrogens is 2. The van der Waals surface area contributed by atoms with Crippen molar-refractivity contribution in [1.82, 2.24) is 15.1 Å². The summed E-state index contributed by atoms with van der Waals surface area (Å²) in [6.45, 7) is 7.92. The maximum absolute atomic E-state index is 5.35. The quantitative estimate of drug-likeness (QED) is 0.797. The van der Waals surface area contributed by atoms with Crippen molar-refractivity contribution in [2.45, 2.75) is 39.3 Å². The van der Waals surface area contributed by atoms with Gasteiger partial charge in [-0.1, -0.05) is 6.92 Å². The van der Waals surface area contributed by atoms with Gasteiger partial charge in [-0.3, -0.25) is 4.68 Å². The normalized spacial score (nSPS) is 12.1. The van der Waals surface area contributed by atoms with Crippen LogP contribution in [0.2, 0.25) is 0 Å². The molecule has 0 bridgehead atoms. The van der Waals surface area contributed by atoms with Gasteiger partial charge in [0.15, 0.2) is 0 Å². The first kappa shape index (κ1) is 13.2. The zero-order valence-electron chi connectivity index (χ0n) is 11.0. The Labute approximate surface area is 98.0 Å². The van der Waals surface area contributed by atoms with Gasteiger partial charge in [0.25, 0.3) is 0 Å². The van der Waals surface area contributed by atoms with E-state index < -0.39 is 0 Å². The van der Waals surface area contributed by atoms with Crippen LogP contribution >= 0.6 is 0 Å². The SMILES string of the molecule is CCc1cc(CNCC(C)(C)OC)n(C)n1. The van der Waals surface area contributed by atoms with Gasteiger partial charge in [0, 0.05) is 27.2 Å². The molecule has 1 heterocycles. The lowest BCUT2D eigenvalue weighted by Crippen LogP contribution is -2.36. The van der Waals surface area contributed by atoms with Gasteiger partial charge in [0.2, 0.25) is 0 Å². The second kappa shape index (κ2) is 5.46. The average molecular weight is 225 g/mol. The molecule has 4 heteroatoms. The lowest BCUT2D eigenvalue weighted by atomic mass is 10.1. The molecule has 0 aromatic carbocycles. The van der Waals surface area contributed by atoms with Crippen molar-refractivity contribution in [3.63, 3.8) is 0 Å². The first-order chi connectivity index (χ1) is 7.48. The molecule has 0 unspecified atom stereocenters. The maximum Gasteiger partial charge on any atom is 0.0746 e. The molecule has 0 saturated heterocycles. The van der Waals surface area contributed by atoms with Gasteiger partial charge >= 0.3 is 0 Å². The smallest absolute Gasteiger partial charge is 0.0746 e. The summed E-state index contributed by atoms with van der Waals surface area (Å²) in [6.07, 6.45) is 0.984. The highest BCUT2D eigenvalue weighted by molar-refractivity contribution is 5.09. The van der Waals surface area contributed by atoms with E-state index in [1.807, 2.05) is 11.7 Å². The highest BCUT2D eigenvalue weighted by Gasteiger charge is 2.15. The molecule has 4 nitrogen and oxygen atoms in total. The Morgan fingerprint density at radius 1 is 1.50 bits per heavy atom. The number of ether oxygens (including phenoxy) is 1. The molecule has 1 aromatic heterocycles. The topological polar surface area (TPSA) is 39.1 Å². The first-order valence-electron chi connectivity index (χ1n) is 5.76. The molecular weight excluding hydrogens is 202 g/mol. The van der Waals surface area contributed by atoms with Crippen LogP contribution in [0.15, 0.2) is 6.07 Å². The van der Waals surface area contributed by atoms with E-state index in [-0.39, 0.29) is 5.60 Å². The Balaban J connectivity index is 2.45. The Morgan fingerprint density at radius 3 is 2.69 bits per heavy atom. The molecule has 1 N–H and O–H groups in total. The molecule has 0 radical (unpaired) electrons. The number of rotatable bonds is 6. The summed E-state index contributed by atoms with van der Waals surface area (Å²) >= 11 is 0. The minimum atomic E-state index is -0.119. The van der Waals surface area contributed by atoms with Crippen LogP contribution in [0.1, 0.15) is 32.2 Å². The van der Waals surface area contributed by atoms with Crippen LogP contribution in [0.25, 0.3) is 0 Å². The second-order valence-electron chi connectivity index (χ2n) is 4.67. The largest absolute Gasteiger partial charge is 0.377 e. The summed E-state index contributed by atoms with van der Waals surface area (Å²) < 4.78 is 7.28. The summed E-state index contributed by atoms with van der Waals surface area (Å²) in [5.74, 6) is 0. The third kappa shape index (κ3) is 3.61. The van der Waals surface area contributed by atoms with Gasteiger partial charge in [0.05, 0.1) is 17.0 Å². The van der Waals surface area contributed by atoms with Crippen LogP contribution in [0.3, 0.4) is 0 Å². The van der Waals surface area contributed by atoms with Crippen molar-refractivity contribution < 1.29 is 4.74 Å². The number of hydrogen-bond donors (Lipinski definition) is 1. The van der Waals surface area contributed by atoms with Crippen molar-refractivity contribution >= 4 is 0 Å². The van der Waals surface area contributed by atoms with Crippen LogP contribution in [-0.2, 0) is 24.8 Å². The zero-order valence-corrected chi connectivity index (χ0v) is 11.0. The van der Waals surface area contributed by atoms with Gasteiger partial charge in [-0.25, -0.2) is 0 Å². The molecule has 0 aliphatic rings. The van der Waals surface area contributed by atoms with Crippen molar-refractivity contribution in [3.05, 3.63) is 17.5 Å². The summed E-state index contributed by atoms with van der Waals surface area (Å²) in [4.78, 5) is 0. The van der Waals surface area contributed by atoms with Gasteiger partial charge in [0.1, 0.15) is 0 Å². The molecule has 0 atom stereocenters. The predicted molar refractivity (Wildman–Crippen MR) is 65.4 cm³/mol. The van der Waals surface area contributed by atoms with Gasteiger partial charge < -0.3 is 10.1 Å². The molecule has 0 aliphatic carbocycles. The molecule has 0 amide bonds. The van der Waals surface area contributed by atoms with E-state index in [0.717, 1.165) is 25.2 Å². The van der Waals surface area contributed by atoms with E-state index in [1.54, 1.807) is 7.11 Å². The zero-order chi connectivity index (χ0) is 12.2. The van der Waals surface area contributed by atoms with Crippen molar-refractivity contribution in [2.24, 2.45) is 7.05 Å². The highest BCUT2D eigenvalue weighted by atomic mass is 16.5. The van der Waals surface area contributed by atoms with E-state index in [2.05, 4.69) is 37.3 Å². The van der Waals surface area contributed by atoms with Gasteiger partial charge in [-0.2, -0.15) is 5.10 Å². The Bertz CT molecular complexity index is 331. The number of nitrogens with zero attached hydrogens (tertiary/aromatic N) is 2. The van der Waals surface area contributed by atoms with Crippen molar-refractivity contribution in [1.29, 1.82) is 0 Å². The van der Waals surface area contributed by atoms with E-state index in [1.165, 1.54) is 5.69 Å². The van der Waals surface area contributed by atoms with Crippen LogP contribution in [0, 0.1) is 0 Å². The number of hydrogen-bond acceptors (Lipinski definition) is 3. The third-order valence-corrected chi connectivity index (χ3v) is 2.80. The average Bonchev–Trinajstić information content (AvgIpc) is 2.60. The number of aryl methyl sites for hydroxylation is 2. The summed E-state index contributed by atoms with van der Waals surface area (Å²) in [6, 6.07) is 2.15. The standard InChI is InChI=1S/C12H23N3O/c1-6-10-7-11(15(4)14-10)8-13-9-12(2,3)16-5/h7,13H,6,8-9H2,1-5H3. The minimum absolute atomic E-state index is 0.119. The fraction of sp³-hybridized carbons (Fsp3) is 0.750. The monoisotopic (exact) mass is 225 g/mol. The molecule has 1 aromatic rings. The fourth-order valence-corrected chi connectivity index (χ4v) is 1.47. The summed E-state index contributed by atoms with van der Waals surface area (Å²) in [5, 5.41) is 7.80. The summed E-state index contributed by atoms with van der Waals surface area (Å²) in [7, 11) is 3.72. The van der Waals surface area contributed by atoms with Crippen LogP contribution in [0.4, 0.5) is 0 Å². The van der Waals surface area contributed by atoms with Crippen molar-refractivity contribution in [3.8, 4) is 0 Å². The Hall–Kier alpha value is -0.870. The van der Waals surface area contributed by atoms with E-state index >= 15 is 0 Å². The second-order valence-corrected chi connectivity index (χ2v) is 4.67. The molecule has 0 fully saturated rings. The maximum atomic E-state index is 5.35. The lowest BCUT2D eigenvalue weighted by molar-refractivity contribution is 0.0229.